The van der Waals surface area contributed by atoms with Crippen molar-refractivity contribution in [3.63, 3.8) is 0 Å². The fourth-order valence-corrected chi connectivity index (χ4v) is 8.39. The van der Waals surface area contributed by atoms with Gasteiger partial charge < -0.3 is 14.5 Å². The Balaban J connectivity index is 1.19. The van der Waals surface area contributed by atoms with Crippen LogP contribution in [0, 0.1) is 5.82 Å². The number of fused-ring (bicyclic) bond motifs is 4. The Kier molecular flexibility index (Phi) is 6.21. The summed E-state index contributed by atoms with van der Waals surface area (Å²) in [5.41, 5.74) is 4.20. The van der Waals surface area contributed by atoms with Gasteiger partial charge in [-0.2, -0.15) is 9.97 Å². The van der Waals surface area contributed by atoms with Crippen molar-refractivity contribution in [2.24, 2.45) is 0 Å². The summed E-state index contributed by atoms with van der Waals surface area (Å²) in [7, 11) is 0. The van der Waals surface area contributed by atoms with Gasteiger partial charge in [0.15, 0.2) is 5.65 Å². The lowest BCUT2D eigenvalue weighted by Gasteiger charge is -2.47. The van der Waals surface area contributed by atoms with Crippen LogP contribution in [-0.2, 0) is 17.6 Å². The molecule has 0 spiro atoms. The van der Waals surface area contributed by atoms with E-state index in [0.29, 0.717) is 48.3 Å². The number of hydrogen-bond acceptors (Lipinski definition) is 7. The predicted octanol–water partition coefficient (Wildman–Crippen LogP) is 4.69. The molecule has 0 radical (unpaired) electrons. The van der Waals surface area contributed by atoms with Crippen LogP contribution in [-0.4, -0.2) is 81.1 Å². The summed E-state index contributed by atoms with van der Waals surface area (Å²) in [6.07, 6.45) is 11.1. The van der Waals surface area contributed by atoms with E-state index in [9.17, 15) is 4.79 Å². The lowest BCUT2D eigenvalue weighted by molar-refractivity contribution is -0.127. The summed E-state index contributed by atoms with van der Waals surface area (Å²) in [5, 5.41) is 0.585. The molecule has 3 aromatic rings. The molecule has 5 aliphatic rings. The van der Waals surface area contributed by atoms with Crippen molar-refractivity contribution in [3.05, 3.63) is 53.9 Å². The van der Waals surface area contributed by atoms with Crippen LogP contribution in [0.15, 0.2) is 36.9 Å². The molecule has 4 aliphatic heterocycles. The summed E-state index contributed by atoms with van der Waals surface area (Å²) < 4.78 is 22.4. The smallest absolute Gasteiger partial charge is 0.320 e. The van der Waals surface area contributed by atoms with Crippen molar-refractivity contribution >= 4 is 22.8 Å². The van der Waals surface area contributed by atoms with Crippen LogP contribution in [0.2, 0.25) is 0 Å². The molecule has 218 valence electrons. The number of amides is 1. The van der Waals surface area contributed by atoms with E-state index in [2.05, 4.69) is 22.4 Å². The first-order valence-electron chi connectivity index (χ1n) is 15.6. The number of anilines is 1. The molecule has 4 saturated heterocycles. The van der Waals surface area contributed by atoms with E-state index in [1.165, 1.54) is 30.0 Å². The van der Waals surface area contributed by atoms with Crippen LogP contribution in [0.1, 0.15) is 56.1 Å². The zero-order valence-corrected chi connectivity index (χ0v) is 24.0. The van der Waals surface area contributed by atoms with Crippen molar-refractivity contribution in [3.8, 4) is 17.3 Å². The maximum absolute atomic E-state index is 16.0. The Labute approximate surface area is 245 Å². The lowest BCUT2D eigenvalue weighted by atomic mass is 9.87. The van der Waals surface area contributed by atoms with Crippen molar-refractivity contribution in [2.45, 2.75) is 75.4 Å². The average Bonchev–Trinajstić information content (AvgIpc) is 3.68. The molecular formula is C33H37FN6O2. The van der Waals surface area contributed by atoms with E-state index in [1.807, 2.05) is 17.0 Å². The number of aryl methyl sites for hydroxylation is 1. The Morgan fingerprint density at radius 3 is 2.74 bits per heavy atom. The quantitative estimate of drug-likeness (QED) is 0.400. The van der Waals surface area contributed by atoms with Crippen molar-refractivity contribution in [1.82, 2.24) is 24.8 Å². The fourth-order valence-electron chi connectivity index (χ4n) is 8.39. The number of benzene rings is 1. The van der Waals surface area contributed by atoms with E-state index < -0.39 is 0 Å². The minimum absolute atomic E-state index is 0.0424. The van der Waals surface area contributed by atoms with E-state index in [-0.39, 0.29) is 29.3 Å². The summed E-state index contributed by atoms with van der Waals surface area (Å²) in [5.74, 6) is 0.238. The highest BCUT2D eigenvalue weighted by molar-refractivity contribution is 5.91. The second kappa shape index (κ2) is 10.0. The Bertz CT molecular complexity index is 1580. The highest BCUT2D eigenvalue weighted by Crippen LogP contribution is 2.42. The summed E-state index contributed by atoms with van der Waals surface area (Å²) in [6, 6.07) is 8.22. The summed E-state index contributed by atoms with van der Waals surface area (Å²) in [6.45, 7) is 7.76. The molecule has 42 heavy (non-hydrogen) atoms. The van der Waals surface area contributed by atoms with E-state index in [1.54, 1.807) is 6.07 Å². The Hall–Kier alpha value is -3.59. The molecule has 8 rings (SSSR count). The molecule has 0 N–H and O–H groups in total. The number of pyridine rings is 1. The molecule has 0 unspecified atom stereocenters. The van der Waals surface area contributed by atoms with Gasteiger partial charge in [0.05, 0.1) is 23.0 Å². The first-order chi connectivity index (χ1) is 20.5. The van der Waals surface area contributed by atoms with Gasteiger partial charge in [-0.25, -0.2) is 9.37 Å². The van der Waals surface area contributed by atoms with Gasteiger partial charge >= 0.3 is 6.01 Å². The minimum atomic E-state index is -0.363. The molecule has 4 fully saturated rings. The van der Waals surface area contributed by atoms with Crippen molar-refractivity contribution in [1.29, 1.82) is 0 Å². The zero-order chi connectivity index (χ0) is 28.4. The third-order valence-corrected chi connectivity index (χ3v) is 10.6. The van der Waals surface area contributed by atoms with Gasteiger partial charge in [-0.1, -0.05) is 24.8 Å². The van der Waals surface area contributed by atoms with Crippen LogP contribution < -0.4 is 9.64 Å². The SMILES string of the molecule is C=CC(=O)N1CC[C@@H]2[C@H]1CN2c1nc(OCC23CCCN2CCC3)nc2nc(-c3cccc4c3CCCC4)c(F)cc12. The fraction of sp³-hybridized carbons (Fsp3) is 0.515. The average molecular weight is 569 g/mol. The van der Waals surface area contributed by atoms with E-state index in [4.69, 9.17) is 19.7 Å². The van der Waals surface area contributed by atoms with Crippen LogP contribution >= 0.6 is 0 Å². The molecule has 1 amide bonds. The third-order valence-electron chi connectivity index (χ3n) is 10.6. The number of likely N-dealkylation sites (tertiary alicyclic amines) is 1. The second-order valence-corrected chi connectivity index (χ2v) is 12.7. The second-order valence-electron chi connectivity index (χ2n) is 12.7. The molecule has 1 aliphatic carbocycles. The lowest BCUT2D eigenvalue weighted by Crippen LogP contribution is -2.63. The predicted molar refractivity (Wildman–Crippen MR) is 159 cm³/mol. The normalized spacial score (nSPS) is 24.3. The van der Waals surface area contributed by atoms with E-state index >= 15 is 4.39 Å². The maximum Gasteiger partial charge on any atom is 0.320 e. The van der Waals surface area contributed by atoms with Crippen molar-refractivity contribution < 1.29 is 13.9 Å². The van der Waals surface area contributed by atoms with Crippen LogP contribution in [0.25, 0.3) is 22.3 Å². The minimum Gasteiger partial charge on any atom is -0.461 e. The van der Waals surface area contributed by atoms with Crippen molar-refractivity contribution in [2.75, 3.05) is 37.7 Å². The molecule has 6 heterocycles. The first kappa shape index (κ1) is 26.1. The van der Waals surface area contributed by atoms with Gasteiger partial charge in [-0.3, -0.25) is 9.69 Å². The standard InChI is InChI=1S/C33H37FN6O2/c1-2-28(41)39-17-12-26-27(39)19-40(26)31-24-18-25(34)29(23-11-5-9-21-8-3-4-10-22(21)23)35-30(24)36-32(37-31)42-20-33-13-6-15-38(33)16-7-14-33/h2,5,9,11,18,26-27H,1,3-4,6-8,10,12-17,19-20H2/t26-,27-/m1/s1. The van der Waals surface area contributed by atoms with Crippen LogP contribution in [0.5, 0.6) is 6.01 Å². The molecule has 9 heteroatoms. The zero-order valence-electron chi connectivity index (χ0n) is 24.0. The number of aromatic nitrogens is 3. The maximum atomic E-state index is 16.0. The molecular weight excluding hydrogens is 531 g/mol. The molecule has 0 saturated carbocycles. The Morgan fingerprint density at radius 2 is 1.90 bits per heavy atom. The topological polar surface area (TPSA) is 74.7 Å². The summed E-state index contributed by atoms with van der Waals surface area (Å²) >= 11 is 0. The number of ether oxygens (including phenoxy) is 1. The van der Waals surface area contributed by atoms with Gasteiger partial charge in [-0.05, 0) is 94.1 Å². The van der Waals surface area contributed by atoms with Gasteiger partial charge in [0.1, 0.15) is 23.9 Å². The van der Waals surface area contributed by atoms with E-state index in [0.717, 1.165) is 63.6 Å². The van der Waals surface area contributed by atoms with Gasteiger partial charge in [0.25, 0.3) is 0 Å². The van der Waals surface area contributed by atoms with Gasteiger partial charge in [-0.15, -0.1) is 0 Å². The Morgan fingerprint density at radius 1 is 1.07 bits per heavy atom. The number of rotatable bonds is 6. The monoisotopic (exact) mass is 568 g/mol. The molecule has 1 aromatic carbocycles. The van der Waals surface area contributed by atoms with Gasteiger partial charge in [0.2, 0.25) is 5.91 Å². The number of hydrogen-bond donors (Lipinski definition) is 0. The largest absolute Gasteiger partial charge is 0.461 e. The highest BCUT2D eigenvalue weighted by Gasteiger charge is 2.49. The highest BCUT2D eigenvalue weighted by atomic mass is 19.1. The summed E-state index contributed by atoms with van der Waals surface area (Å²) in [4.78, 5) is 33.6. The number of carbonyl (C=O) groups is 1. The molecule has 2 aromatic heterocycles. The number of carbonyl (C=O) groups excluding carboxylic acids is 1. The molecule has 2 atom stereocenters. The molecule has 0 bridgehead atoms. The first-order valence-corrected chi connectivity index (χ1v) is 15.6. The number of nitrogens with zero attached hydrogens (tertiary/aromatic N) is 6. The van der Waals surface area contributed by atoms with Gasteiger partial charge in [0, 0.05) is 18.7 Å². The third kappa shape index (κ3) is 4.03. The van der Waals surface area contributed by atoms with Crippen LogP contribution in [0.4, 0.5) is 10.2 Å². The molecule has 8 nitrogen and oxygen atoms in total. The van der Waals surface area contributed by atoms with Crippen LogP contribution in [0.3, 0.4) is 0 Å². The number of halogens is 1.